The Hall–Kier alpha value is -2.73. The first-order valence-electron chi connectivity index (χ1n) is 13.3. The van der Waals surface area contributed by atoms with E-state index in [-0.39, 0.29) is 11.8 Å². The molecule has 6 heteroatoms. The summed E-state index contributed by atoms with van der Waals surface area (Å²) in [6.07, 6.45) is 10.3. The molecule has 1 aromatic heterocycles. The van der Waals surface area contributed by atoms with E-state index in [2.05, 4.69) is 59.4 Å². The van der Waals surface area contributed by atoms with E-state index >= 15 is 0 Å². The number of hydrogen-bond acceptors (Lipinski definition) is 4. The molecule has 0 radical (unpaired) electrons. The van der Waals surface area contributed by atoms with Gasteiger partial charge in [0.2, 0.25) is 11.8 Å². The van der Waals surface area contributed by atoms with Crippen LogP contribution in [-0.2, 0) is 22.6 Å². The van der Waals surface area contributed by atoms with Crippen LogP contribution in [0.15, 0.2) is 54.9 Å². The third kappa shape index (κ3) is 6.29. The highest BCUT2D eigenvalue weighted by atomic mass is 16.2. The largest absolute Gasteiger partial charge is 0.342 e. The Kier molecular flexibility index (Phi) is 8.55. The Balaban J connectivity index is 1.35. The molecule has 0 unspecified atom stereocenters. The second-order valence-corrected chi connectivity index (χ2v) is 10.6. The quantitative estimate of drug-likeness (QED) is 0.522. The number of aryl methyl sites for hydroxylation is 1. The molecule has 4 rings (SSSR count). The van der Waals surface area contributed by atoms with Gasteiger partial charge >= 0.3 is 0 Å². The molecule has 2 aliphatic heterocycles. The molecule has 2 fully saturated rings. The molecule has 0 saturated carbocycles. The number of hydrogen-bond donors (Lipinski definition) is 1. The summed E-state index contributed by atoms with van der Waals surface area (Å²) >= 11 is 0. The van der Waals surface area contributed by atoms with Crippen molar-refractivity contribution in [1.82, 2.24) is 20.1 Å². The fourth-order valence-corrected chi connectivity index (χ4v) is 5.54. The van der Waals surface area contributed by atoms with Crippen molar-refractivity contribution in [2.75, 3.05) is 19.6 Å². The lowest BCUT2D eigenvalue weighted by atomic mass is 9.80. The van der Waals surface area contributed by atoms with Crippen LogP contribution in [0, 0.1) is 5.92 Å². The molecule has 35 heavy (non-hydrogen) atoms. The zero-order valence-corrected chi connectivity index (χ0v) is 21.3. The number of likely N-dealkylation sites (tertiary alicyclic amines) is 1. The highest BCUT2D eigenvalue weighted by Gasteiger charge is 2.53. The Morgan fingerprint density at radius 1 is 0.971 bits per heavy atom. The van der Waals surface area contributed by atoms with Gasteiger partial charge in [-0.05, 0) is 74.2 Å². The van der Waals surface area contributed by atoms with Gasteiger partial charge in [-0.2, -0.15) is 0 Å². The van der Waals surface area contributed by atoms with E-state index in [0.29, 0.717) is 31.7 Å². The van der Waals surface area contributed by atoms with Crippen molar-refractivity contribution >= 4 is 11.8 Å². The van der Waals surface area contributed by atoms with Crippen LogP contribution in [0.2, 0.25) is 0 Å². The highest BCUT2D eigenvalue weighted by Crippen LogP contribution is 2.35. The molecule has 1 aromatic carbocycles. The predicted molar refractivity (Wildman–Crippen MR) is 139 cm³/mol. The van der Waals surface area contributed by atoms with Crippen LogP contribution in [-0.4, -0.2) is 57.8 Å². The summed E-state index contributed by atoms with van der Waals surface area (Å²) in [5.41, 5.74) is 1.68. The molecular formula is C29H40N4O2. The van der Waals surface area contributed by atoms with Crippen LogP contribution in [0.4, 0.5) is 0 Å². The lowest BCUT2D eigenvalue weighted by Gasteiger charge is -2.52. The van der Waals surface area contributed by atoms with Gasteiger partial charge in [0, 0.05) is 32.0 Å². The first kappa shape index (κ1) is 25.4. The van der Waals surface area contributed by atoms with Crippen molar-refractivity contribution in [3.63, 3.8) is 0 Å². The highest BCUT2D eigenvalue weighted by molar-refractivity contribution is 6.00. The molecule has 0 aliphatic carbocycles. The number of amides is 2. The molecular weight excluding hydrogens is 436 g/mol. The Morgan fingerprint density at radius 2 is 1.69 bits per heavy atom. The third-order valence-corrected chi connectivity index (χ3v) is 7.57. The van der Waals surface area contributed by atoms with Crippen LogP contribution >= 0.6 is 0 Å². The molecule has 2 amide bonds. The van der Waals surface area contributed by atoms with E-state index in [1.807, 2.05) is 17.0 Å². The van der Waals surface area contributed by atoms with Gasteiger partial charge in [-0.1, -0.05) is 50.6 Å². The van der Waals surface area contributed by atoms with Gasteiger partial charge in [0.1, 0.15) is 11.6 Å². The number of benzene rings is 1. The van der Waals surface area contributed by atoms with Crippen molar-refractivity contribution in [3.8, 4) is 0 Å². The summed E-state index contributed by atoms with van der Waals surface area (Å²) in [6.45, 7) is 7.40. The smallest absolute Gasteiger partial charge is 0.246 e. The number of unbranched alkanes of at least 4 members (excludes halogenated alkanes) is 2. The summed E-state index contributed by atoms with van der Waals surface area (Å²) in [6, 6.07) is 14.1. The molecule has 188 valence electrons. The lowest BCUT2D eigenvalue weighted by Crippen LogP contribution is -2.72. The summed E-state index contributed by atoms with van der Waals surface area (Å²) < 4.78 is 0. The number of nitrogens with zero attached hydrogens (tertiary/aromatic N) is 3. The summed E-state index contributed by atoms with van der Waals surface area (Å²) in [4.78, 5) is 35.6. The fraction of sp³-hybridized carbons (Fsp3) is 0.552. The number of piperazine rings is 1. The van der Waals surface area contributed by atoms with Gasteiger partial charge in [-0.3, -0.25) is 14.6 Å². The maximum atomic E-state index is 13.6. The third-order valence-electron chi connectivity index (χ3n) is 7.57. The maximum absolute atomic E-state index is 13.6. The minimum atomic E-state index is -0.752. The second-order valence-electron chi connectivity index (χ2n) is 10.6. The molecule has 3 heterocycles. The molecule has 2 aliphatic rings. The Morgan fingerprint density at radius 3 is 2.37 bits per heavy atom. The average molecular weight is 477 g/mol. The van der Waals surface area contributed by atoms with Gasteiger partial charge in [0.05, 0.1) is 0 Å². The number of carbonyl (C=O) groups is 2. The summed E-state index contributed by atoms with van der Waals surface area (Å²) in [5, 5.41) is 3.10. The maximum Gasteiger partial charge on any atom is 0.246 e. The summed E-state index contributed by atoms with van der Waals surface area (Å²) in [7, 11) is 0. The normalized spacial score (nSPS) is 20.4. The molecule has 2 aromatic rings. The minimum Gasteiger partial charge on any atom is -0.342 e. The van der Waals surface area contributed by atoms with Crippen LogP contribution in [0.5, 0.6) is 0 Å². The van der Waals surface area contributed by atoms with Crippen LogP contribution in [0.25, 0.3) is 0 Å². The van der Waals surface area contributed by atoms with Gasteiger partial charge in [0.15, 0.2) is 0 Å². The Labute approximate surface area is 210 Å². The molecule has 2 saturated heterocycles. The number of aromatic nitrogens is 1. The SMILES string of the molecule is CC(C)C[C@@H]1NC(=O)C2(CCN(CCCCCc3ccccc3)CC2)N(Cc2ccncc2)C1=O. The van der Waals surface area contributed by atoms with Crippen molar-refractivity contribution in [3.05, 3.63) is 66.0 Å². The number of piperidine rings is 1. The molecule has 1 spiro atoms. The van der Waals surface area contributed by atoms with E-state index in [1.165, 1.54) is 24.8 Å². The van der Waals surface area contributed by atoms with Crippen molar-refractivity contribution in [2.45, 2.75) is 76.9 Å². The van der Waals surface area contributed by atoms with E-state index in [1.54, 1.807) is 12.4 Å². The van der Waals surface area contributed by atoms with E-state index in [9.17, 15) is 9.59 Å². The van der Waals surface area contributed by atoms with E-state index < -0.39 is 11.6 Å². The predicted octanol–water partition coefficient (Wildman–Crippen LogP) is 4.20. The minimum absolute atomic E-state index is 0.0271. The monoisotopic (exact) mass is 476 g/mol. The Bertz CT molecular complexity index is 955. The lowest BCUT2D eigenvalue weighted by molar-refractivity contribution is -0.162. The topological polar surface area (TPSA) is 65.5 Å². The van der Waals surface area contributed by atoms with E-state index in [4.69, 9.17) is 0 Å². The number of pyridine rings is 1. The van der Waals surface area contributed by atoms with Crippen molar-refractivity contribution in [1.29, 1.82) is 0 Å². The van der Waals surface area contributed by atoms with Crippen LogP contribution in [0.1, 0.15) is 63.5 Å². The first-order valence-corrected chi connectivity index (χ1v) is 13.3. The number of nitrogens with one attached hydrogen (secondary N) is 1. The number of rotatable bonds is 10. The van der Waals surface area contributed by atoms with Crippen molar-refractivity contribution in [2.24, 2.45) is 5.92 Å². The molecule has 1 N–H and O–H groups in total. The molecule has 6 nitrogen and oxygen atoms in total. The average Bonchev–Trinajstić information content (AvgIpc) is 2.87. The van der Waals surface area contributed by atoms with Gasteiger partial charge in [0.25, 0.3) is 0 Å². The first-order chi connectivity index (χ1) is 17.0. The van der Waals surface area contributed by atoms with E-state index in [0.717, 1.165) is 31.6 Å². The standard InChI is InChI=1S/C29H40N4O2/c1-23(2)21-26-27(34)33(22-25-12-16-30-17-13-25)29(28(35)31-26)14-19-32(20-15-29)18-8-4-7-11-24-9-5-3-6-10-24/h3,5-6,9-10,12-13,16-17,23,26H,4,7-8,11,14-15,18-22H2,1-2H3,(H,31,35)/t26-/m0/s1. The van der Waals surface area contributed by atoms with Crippen molar-refractivity contribution < 1.29 is 9.59 Å². The van der Waals surface area contributed by atoms with Gasteiger partial charge < -0.3 is 15.1 Å². The zero-order valence-electron chi connectivity index (χ0n) is 21.3. The van der Waals surface area contributed by atoms with Gasteiger partial charge in [-0.15, -0.1) is 0 Å². The summed E-state index contributed by atoms with van der Waals surface area (Å²) in [5.74, 6) is 0.425. The second kappa shape index (κ2) is 11.8. The van der Waals surface area contributed by atoms with Crippen LogP contribution < -0.4 is 5.32 Å². The van der Waals surface area contributed by atoms with Gasteiger partial charge in [-0.25, -0.2) is 0 Å². The zero-order chi connectivity index (χ0) is 24.7. The molecule has 1 atom stereocenters. The number of carbonyl (C=O) groups excluding carboxylic acids is 2. The van der Waals surface area contributed by atoms with Crippen LogP contribution in [0.3, 0.4) is 0 Å². The fourth-order valence-electron chi connectivity index (χ4n) is 5.54. The molecule has 0 bridgehead atoms.